The second kappa shape index (κ2) is 6.55. The van der Waals surface area contributed by atoms with Gasteiger partial charge in [-0.3, -0.25) is 19.2 Å². The summed E-state index contributed by atoms with van der Waals surface area (Å²) in [4.78, 5) is 50.8. The highest BCUT2D eigenvalue weighted by atomic mass is 16.2. The molecule has 0 spiro atoms. The van der Waals surface area contributed by atoms with Crippen LogP contribution < -0.4 is 10.6 Å². The second-order valence-corrected chi connectivity index (χ2v) is 6.32. The van der Waals surface area contributed by atoms with Crippen LogP contribution in [-0.4, -0.2) is 71.7 Å². The number of hydrogen-bond acceptors (Lipinski definition) is 4. The van der Waals surface area contributed by atoms with Crippen LogP contribution in [0.15, 0.2) is 0 Å². The summed E-state index contributed by atoms with van der Waals surface area (Å²) in [5.74, 6) is -0.266. The number of nitrogens with zero attached hydrogens (tertiary/aromatic N) is 2. The molecule has 3 rings (SSSR count). The van der Waals surface area contributed by atoms with E-state index in [9.17, 15) is 19.2 Å². The van der Waals surface area contributed by atoms with E-state index in [0.29, 0.717) is 58.3 Å². The van der Waals surface area contributed by atoms with E-state index in [4.69, 9.17) is 0 Å². The molecule has 8 nitrogen and oxygen atoms in total. The van der Waals surface area contributed by atoms with Crippen LogP contribution in [0.4, 0.5) is 0 Å². The van der Waals surface area contributed by atoms with Crippen LogP contribution in [0.5, 0.6) is 0 Å². The molecule has 2 atom stereocenters. The van der Waals surface area contributed by atoms with Gasteiger partial charge in [-0.25, -0.2) is 0 Å². The highest BCUT2D eigenvalue weighted by Gasteiger charge is 2.34. The van der Waals surface area contributed by atoms with E-state index >= 15 is 0 Å². The van der Waals surface area contributed by atoms with Gasteiger partial charge in [-0.05, 0) is 19.3 Å². The van der Waals surface area contributed by atoms with E-state index in [1.54, 1.807) is 9.80 Å². The Kier molecular flexibility index (Phi) is 4.49. The van der Waals surface area contributed by atoms with Crippen molar-refractivity contribution in [3.8, 4) is 0 Å². The van der Waals surface area contributed by atoms with Crippen molar-refractivity contribution in [1.82, 2.24) is 20.4 Å². The fourth-order valence-electron chi connectivity index (χ4n) is 3.40. The lowest BCUT2D eigenvalue weighted by atomic mass is 10.2. The predicted octanol–water partition coefficient (Wildman–Crippen LogP) is -1.40. The third-order valence-electron chi connectivity index (χ3n) is 4.71. The monoisotopic (exact) mass is 322 g/mol. The molecule has 0 saturated carbocycles. The fraction of sp³-hybridized carbons (Fsp3) is 0.733. The first kappa shape index (κ1) is 15.8. The summed E-state index contributed by atoms with van der Waals surface area (Å²) in [5, 5.41) is 5.39. The third kappa shape index (κ3) is 3.46. The van der Waals surface area contributed by atoms with Gasteiger partial charge in [-0.1, -0.05) is 0 Å². The van der Waals surface area contributed by atoms with Crippen molar-refractivity contribution in [2.75, 3.05) is 26.2 Å². The van der Waals surface area contributed by atoms with Crippen molar-refractivity contribution in [2.45, 2.75) is 44.2 Å². The van der Waals surface area contributed by atoms with Crippen molar-refractivity contribution >= 4 is 23.6 Å². The molecule has 0 aliphatic carbocycles. The summed E-state index contributed by atoms with van der Waals surface area (Å²) in [6.07, 6.45) is 2.60. The molecule has 3 heterocycles. The second-order valence-electron chi connectivity index (χ2n) is 6.32. The first-order valence-electron chi connectivity index (χ1n) is 8.21. The van der Waals surface area contributed by atoms with Gasteiger partial charge in [0, 0.05) is 39.0 Å². The minimum absolute atomic E-state index is 0.0562. The van der Waals surface area contributed by atoms with Gasteiger partial charge >= 0.3 is 0 Å². The number of rotatable bonds is 2. The van der Waals surface area contributed by atoms with E-state index in [2.05, 4.69) is 10.6 Å². The molecule has 126 valence electrons. The normalized spacial score (nSPS) is 28.3. The Morgan fingerprint density at radius 3 is 1.57 bits per heavy atom. The van der Waals surface area contributed by atoms with Crippen LogP contribution >= 0.6 is 0 Å². The maximum absolute atomic E-state index is 12.4. The van der Waals surface area contributed by atoms with E-state index in [1.165, 1.54) is 0 Å². The molecular weight excluding hydrogens is 300 g/mol. The number of amides is 4. The zero-order valence-corrected chi connectivity index (χ0v) is 13.0. The molecule has 23 heavy (non-hydrogen) atoms. The Labute approximate surface area is 134 Å². The van der Waals surface area contributed by atoms with Gasteiger partial charge in [-0.2, -0.15) is 0 Å². The highest BCUT2D eigenvalue weighted by molar-refractivity contribution is 5.92. The lowest BCUT2D eigenvalue weighted by Crippen LogP contribution is -2.48. The first-order chi connectivity index (χ1) is 11.0. The predicted molar refractivity (Wildman–Crippen MR) is 80.1 cm³/mol. The lowest BCUT2D eigenvalue weighted by Gasteiger charge is -2.25. The van der Waals surface area contributed by atoms with E-state index in [-0.39, 0.29) is 23.6 Å². The van der Waals surface area contributed by atoms with Gasteiger partial charge in [-0.15, -0.1) is 0 Å². The Morgan fingerprint density at radius 1 is 0.783 bits per heavy atom. The summed E-state index contributed by atoms with van der Waals surface area (Å²) in [6.45, 7) is 2.12. The molecule has 2 N–H and O–H groups in total. The Morgan fingerprint density at radius 2 is 1.22 bits per heavy atom. The minimum Gasteiger partial charge on any atom is -0.344 e. The average molecular weight is 322 g/mol. The number of carbonyl (C=O) groups excluding carboxylic acids is 4. The van der Waals surface area contributed by atoms with Crippen LogP contribution in [0.1, 0.15) is 32.1 Å². The largest absolute Gasteiger partial charge is 0.344 e. The van der Waals surface area contributed by atoms with Gasteiger partial charge in [0.15, 0.2) is 0 Å². The molecule has 0 aromatic carbocycles. The Hall–Kier alpha value is -2.12. The quantitative estimate of drug-likeness (QED) is 0.653. The molecule has 0 aromatic heterocycles. The first-order valence-corrected chi connectivity index (χ1v) is 8.21. The SMILES string of the molecule is O=C1CC[C@@H](C(=O)N2CCCN(C(=O)[C@@H]3CCC(=O)N3)CC2)N1. The van der Waals surface area contributed by atoms with E-state index < -0.39 is 12.1 Å². The number of hydrogen-bond donors (Lipinski definition) is 2. The van der Waals surface area contributed by atoms with E-state index in [0.717, 1.165) is 0 Å². The maximum atomic E-state index is 12.4. The standard InChI is InChI=1S/C15H22N4O4/c20-12-4-2-10(16-12)14(22)18-6-1-7-19(9-8-18)15(23)11-3-5-13(21)17-11/h10-11H,1-9H2,(H,16,20)(H,17,21)/t10-,11-/m0/s1. The third-order valence-corrected chi connectivity index (χ3v) is 4.71. The summed E-state index contributed by atoms with van der Waals surface area (Å²) in [5.41, 5.74) is 0. The van der Waals surface area contributed by atoms with Gasteiger partial charge in [0.1, 0.15) is 12.1 Å². The summed E-state index contributed by atoms with van der Waals surface area (Å²) in [6, 6.07) is -0.835. The molecule has 3 aliphatic heterocycles. The molecule has 8 heteroatoms. The van der Waals surface area contributed by atoms with Gasteiger partial charge in [0.25, 0.3) is 0 Å². The topological polar surface area (TPSA) is 98.8 Å². The average Bonchev–Trinajstić information content (AvgIpc) is 3.07. The fourth-order valence-corrected chi connectivity index (χ4v) is 3.40. The van der Waals surface area contributed by atoms with Crippen LogP contribution in [-0.2, 0) is 19.2 Å². The van der Waals surface area contributed by atoms with Gasteiger partial charge in [0.2, 0.25) is 23.6 Å². The zero-order valence-electron chi connectivity index (χ0n) is 13.0. The van der Waals surface area contributed by atoms with Crippen molar-refractivity contribution in [3.63, 3.8) is 0 Å². The van der Waals surface area contributed by atoms with Crippen LogP contribution in [0.3, 0.4) is 0 Å². The zero-order chi connectivity index (χ0) is 16.4. The molecule has 0 unspecified atom stereocenters. The summed E-state index contributed by atoms with van der Waals surface area (Å²) < 4.78 is 0. The Balaban J connectivity index is 1.54. The molecule has 4 amide bonds. The summed E-state index contributed by atoms with van der Waals surface area (Å²) >= 11 is 0. The molecular formula is C15H22N4O4. The lowest BCUT2D eigenvalue weighted by molar-refractivity contribution is -0.136. The van der Waals surface area contributed by atoms with Crippen molar-refractivity contribution in [1.29, 1.82) is 0 Å². The number of carbonyl (C=O) groups is 4. The van der Waals surface area contributed by atoms with Gasteiger partial charge in [0.05, 0.1) is 0 Å². The smallest absolute Gasteiger partial charge is 0.245 e. The van der Waals surface area contributed by atoms with Crippen LogP contribution in [0.2, 0.25) is 0 Å². The molecule has 0 radical (unpaired) electrons. The number of nitrogens with one attached hydrogen (secondary N) is 2. The van der Waals surface area contributed by atoms with Crippen molar-refractivity contribution in [2.24, 2.45) is 0 Å². The molecule has 0 aromatic rings. The molecule has 3 saturated heterocycles. The summed E-state index contributed by atoms with van der Waals surface area (Å²) in [7, 11) is 0. The van der Waals surface area contributed by atoms with Crippen molar-refractivity contribution < 1.29 is 19.2 Å². The molecule has 3 fully saturated rings. The minimum atomic E-state index is -0.418. The van der Waals surface area contributed by atoms with Gasteiger partial charge < -0.3 is 20.4 Å². The van der Waals surface area contributed by atoms with Crippen LogP contribution in [0.25, 0.3) is 0 Å². The highest BCUT2D eigenvalue weighted by Crippen LogP contribution is 2.15. The van der Waals surface area contributed by atoms with Crippen LogP contribution in [0, 0.1) is 0 Å². The van der Waals surface area contributed by atoms with E-state index in [1.807, 2.05) is 0 Å². The molecule has 0 bridgehead atoms. The molecule has 3 aliphatic rings. The Bertz CT molecular complexity index is 490. The van der Waals surface area contributed by atoms with Crippen molar-refractivity contribution in [3.05, 3.63) is 0 Å². The maximum Gasteiger partial charge on any atom is 0.245 e.